The quantitative estimate of drug-likeness (QED) is 0.485. The number of hydrogen-bond acceptors (Lipinski definition) is 4. The summed E-state index contributed by atoms with van der Waals surface area (Å²) in [4.78, 5) is 16.2. The van der Waals surface area contributed by atoms with E-state index in [-0.39, 0.29) is 25.0 Å². The van der Waals surface area contributed by atoms with Gasteiger partial charge in [0.2, 0.25) is 0 Å². The molecule has 0 bridgehead atoms. The predicted molar refractivity (Wildman–Crippen MR) is 128 cm³/mol. The monoisotopic (exact) mass is 512 g/mol. The molecule has 1 heterocycles. The molecule has 0 spiro atoms. The third-order valence-corrected chi connectivity index (χ3v) is 6.30. The number of hydrogen-bond donors (Lipinski definition) is 1. The summed E-state index contributed by atoms with van der Waals surface area (Å²) < 4.78 is 20.7. The first-order valence-corrected chi connectivity index (χ1v) is 11.6. The van der Waals surface area contributed by atoms with Gasteiger partial charge in [0, 0.05) is 29.7 Å². The fourth-order valence-electron chi connectivity index (χ4n) is 4.07. The Bertz CT molecular complexity index is 1070. The number of aliphatic hydroxyl groups is 1. The topological polar surface area (TPSA) is 53.0 Å². The Kier molecular flexibility index (Phi) is 7.75. The number of halogens is 2. The van der Waals surface area contributed by atoms with E-state index in [1.165, 1.54) is 11.0 Å². The average molecular weight is 513 g/mol. The molecule has 0 saturated carbocycles. The van der Waals surface area contributed by atoms with Crippen LogP contribution in [-0.4, -0.2) is 46.2 Å². The van der Waals surface area contributed by atoms with Gasteiger partial charge >= 0.3 is 6.09 Å². The number of nitrogens with zero attached hydrogens (tertiary/aromatic N) is 2. The van der Waals surface area contributed by atoms with E-state index >= 15 is 0 Å². The van der Waals surface area contributed by atoms with E-state index in [4.69, 9.17) is 4.74 Å². The number of ether oxygens (including phenoxy) is 1. The van der Waals surface area contributed by atoms with Gasteiger partial charge in [-0.05, 0) is 23.3 Å². The van der Waals surface area contributed by atoms with Crippen molar-refractivity contribution >= 4 is 22.0 Å². The molecule has 1 aliphatic rings. The first-order chi connectivity index (χ1) is 16.0. The molecule has 0 aromatic heterocycles. The lowest BCUT2D eigenvalue weighted by Crippen LogP contribution is -2.42. The first kappa shape index (κ1) is 23.4. The van der Waals surface area contributed by atoms with Gasteiger partial charge in [0.05, 0.1) is 18.7 Å². The second kappa shape index (κ2) is 10.9. The van der Waals surface area contributed by atoms with Crippen molar-refractivity contribution in [3.8, 4) is 0 Å². The lowest BCUT2D eigenvalue weighted by atomic mass is 10.1. The first-order valence-electron chi connectivity index (χ1n) is 10.8. The summed E-state index contributed by atoms with van der Waals surface area (Å²) in [7, 11) is 0. The third-order valence-electron chi connectivity index (χ3n) is 5.81. The number of amides is 1. The van der Waals surface area contributed by atoms with Crippen LogP contribution < -0.4 is 0 Å². The third kappa shape index (κ3) is 6.19. The highest BCUT2D eigenvalue weighted by Gasteiger charge is 2.38. The minimum absolute atomic E-state index is 0.173. The van der Waals surface area contributed by atoms with Gasteiger partial charge in [0.25, 0.3) is 0 Å². The van der Waals surface area contributed by atoms with E-state index in [0.29, 0.717) is 29.7 Å². The van der Waals surface area contributed by atoms with Gasteiger partial charge in [-0.3, -0.25) is 4.90 Å². The normalized spacial score (nSPS) is 18.0. The maximum atomic E-state index is 14.6. The molecule has 0 radical (unpaired) electrons. The molecule has 0 unspecified atom stereocenters. The van der Waals surface area contributed by atoms with Crippen LogP contribution in [0.1, 0.15) is 16.7 Å². The lowest BCUT2D eigenvalue weighted by molar-refractivity contribution is 0.0721. The molecule has 33 heavy (non-hydrogen) atoms. The summed E-state index contributed by atoms with van der Waals surface area (Å²) in [5, 5.41) is 10.8. The average Bonchev–Trinajstić information content (AvgIpc) is 3.21. The summed E-state index contributed by atoms with van der Waals surface area (Å²) in [6, 6.07) is 23.9. The molecule has 3 aromatic carbocycles. The number of rotatable bonds is 7. The van der Waals surface area contributed by atoms with E-state index in [1.54, 1.807) is 12.1 Å². The maximum absolute atomic E-state index is 14.6. The van der Waals surface area contributed by atoms with Crippen LogP contribution in [-0.2, 0) is 24.4 Å². The van der Waals surface area contributed by atoms with Crippen molar-refractivity contribution in [2.45, 2.75) is 31.8 Å². The van der Waals surface area contributed by atoms with E-state index in [1.807, 2.05) is 65.6 Å². The molecule has 1 amide bonds. The Balaban J connectivity index is 1.47. The van der Waals surface area contributed by atoms with Crippen molar-refractivity contribution in [3.63, 3.8) is 0 Å². The zero-order valence-corrected chi connectivity index (χ0v) is 19.7. The number of aliphatic hydroxyl groups excluding tert-OH is 1. The smallest absolute Gasteiger partial charge is 0.410 e. The van der Waals surface area contributed by atoms with Crippen LogP contribution >= 0.6 is 15.9 Å². The molecule has 2 atom stereocenters. The van der Waals surface area contributed by atoms with E-state index < -0.39 is 12.2 Å². The molecule has 1 N–H and O–H groups in total. The van der Waals surface area contributed by atoms with Gasteiger partial charge in [0.1, 0.15) is 12.4 Å². The number of likely N-dealkylation sites (tertiary alicyclic amines) is 1. The summed E-state index contributed by atoms with van der Waals surface area (Å²) in [6.07, 6.45) is -1.23. The highest BCUT2D eigenvalue weighted by molar-refractivity contribution is 9.10. The Labute approximate surface area is 201 Å². The van der Waals surface area contributed by atoms with Gasteiger partial charge < -0.3 is 14.7 Å². The van der Waals surface area contributed by atoms with Gasteiger partial charge in [-0.25, -0.2) is 9.18 Å². The second-order valence-electron chi connectivity index (χ2n) is 8.21. The van der Waals surface area contributed by atoms with Gasteiger partial charge in [-0.2, -0.15) is 0 Å². The summed E-state index contributed by atoms with van der Waals surface area (Å²) >= 11 is 3.30. The standard InChI is InChI=1S/C26H26BrFN2O3/c27-22-12-11-21(23(28)13-22)15-29(14-19-7-3-1-4-8-19)24-16-30(17-25(24)31)26(32)33-18-20-9-5-2-6-10-20/h1-13,24-25,31H,14-18H2/t24-,25-/m1/s1. The van der Waals surface area contributed by atoms with Crippen molar-refractivity contribution in [3.05, 3.63) is 106 Å². The van der Waals surface area contributed by atoms with E-state index in [0.717, 1.165) is 11.1 Å². The molecule has 1 saturated heterocycles. The van der Waals surface area contributed by atoms with Crippen LogP contribution in [0.4, 0.5) is 9.18 Å². The van der Waals surface area contributed by atoms with Gasteiger partial charge in [-0.15, -0.1) is 0 Å². The second-order valence-corrected chi connectivity index (χ2v) is 9.12. The van der Waals surface area contributed by atoms with Crippen molar-refractivity contribution in [2.24, 2.45) is 0 Å². The number of β-amino-alcohol motifs (C(OH)–C–C–N with tert-alkyl or cyclic N) is 1. The Morgan fingerprint density at radius 1 is 1.00 bits per heavy atom. The highest BCUT2D eigenvalue weighted by atomic mass is 79.9. The molecule has 3 aromatic rings. The minimum atomic E-state index is -0.767. The van der Waals surface area contributed by atoms with Crippen LogP contribution in [0.5, 0.6) is 0 Å². The zero-order chi connectivity index (χ0) is 23.2. The van der Waals surface area contributed by atoms with Gasteiger partial charge in [-0.1, -0.05) is 82.7 Å². The molecule has 0 aliphatic carbocycles. The molecule has 5 nitrogen and oxygen atoms in total. The molecule has 1 aliphatic heterocycles. The summed E-state index contributed by atoms with van der Waals surface area (Å²) in [5.74, 6) is -0.311. The number of carbonyl (C=O) groups is 1. The molecular formula is C26H26BrFN2O3. The molecule has 1 fully saturated rings. The van der Waals surface area contributed by atoms with Gasteiger partial charge in [0.15, 0.2) is 0 Å². The zero-order valence-electron chi connectivity index (χ0n) is 18.1. The van der Waals surface area contributed by atoms with E-state index in [9.17, 15) is 14.3 Å². The van der Waals surface area contributed by atoms with Crippen LogP contribution in [0.3, 0.4) is 0 Å². The van der Waals surface area contributed by atoms with Crippen LogP contribution in [0.25, 0.3) is 0 Å². The van der Waals surface area contributed by atoms with Crippen molar-refractivity contribution in [2.75, 3.05) is 13.1 Å². The number of benzene rings is 3. The summed E-state index contributed by atoms with van der Waals surface area (Å²) in [5.41, 5.74) is 2.48. The predicted octanol–water partition coefficient (Wildman–Crippen LogP) is 4.97. The molecule has 172 valence electrons. The maximum Gasteiger partial charge on any atom is 0.410 e. The van der Waals surface area contributed by atoms with Crippen molar-refractivity contribution in [1.29, 1.82) is 0 Å². The van der Waals surface area contributed by atoms with Crippen molar-refractivity contribution in [1.82, 2.24) is 9.80 Å². The van der Waals surface area contributed by atoms with Crippen LogP contribution in [0.2, 0.25) is 0 Å². The molecule has 7 heteroatoms. The van der Waals surface area contributed by atoms with Crippen LogP contribution in [0.15, 0.2) is 83.3 Å². The summed E-state index contributed by atoms with van der Waals surface area (Å²) in [6.45, 7) is 1.48. The fraction of sp³-hybridized carbons (Fsp3) is 0.269. The number of carbonyl (C=O) groups excluding carboxylic acids is 1. The molecular weight excluding hydrogens is 487 g/mol. The largest absolute Gasteiger partial charge is 0.445 e. The minimum Gasteiger partial charge on any atom is -0.445 e. The SMILES string of the molecule is O=C(OCc1ccccc1)N1C[C@@H](O)[C@H](N(Cc2ccccc2)Cc2ccc(Br)cc2F)C1. The Morgan fingerprint density at radius 2 is 1.67 bits per heavy atom. The fourth-order valence-corrected chi connectivity index (χ4v) is 4.40. The Morgan fingerprint density at radius 3 is 2.33 bits per heavy atom. The van der Waals surface area contributed by atoms with E-state index in [2.05, 4.69) is 15.9 Å². The lowest BCUT2D eigenvalue weighted by Gasteiger charge is -2.31. The highest BCUT2D eigenvalue weighted by Crippen LogP contribution is 2.24. The van der Waals surface area contributed by atoms with Crippen molar-refractivity contribution < 1.29 is 19.0 Å². The Hall–Kier alpha value is -2.74. The molecule has 4 rings (SSSR count). The van der Waals surface area contributed by atoms with Crippen LogP contribution in [0, 0.1) is 5.82 Å².